The third kappa shape index (κ3) is 2.70. The van der Waals surface area contributed by atoms with Crippen LogP contribution in [0.5, 0.6) is 5.75 Å². The van der Waals surface area contributed by atoms with Gasteiger partial charge in [0.15, 0.2) is 0 Å². The van der Waals surface area contributed by atoms with Gasteiger partial charge in [0.05, 0.1) is 13.2 Å². The number of benzene rings is 1. The Morgan fingerprint density at radius 2 is 2.00 bits per heavy atom. The molecular formula is C12H18O3. The summed E-state index contributed by atoms with van der Waals surface area (Å²) < 4.78 is 5.19. The number of hydrogen-bond acceptors (Lipinski definition) is 3. The molecule has 1 aromatic carbocycles. The van der Waals surface area contributed by atoms with Gasteiger partial charge in [-0.3, -0.25) is 0 Å². The van der Waals surface area contributed by atoms with Gasteiger partial charge in [-0.1, -0.05) is 13.0 Å². The third-order valence-electron chi connectivity index (χ3n) is 2.48. The molecule has 0 saturated heterocycles. The van der Waals surface area contributed by atoms with Gasteiger partial charge in [0.25, 0.3) is 0 Å². The molecule has 0 saturated carbocycles. The van der Waals surface area contributed by atoms with Crippen LogP contribution in [0.3, 0.4) is 0 Å². The minimum atomic E-state index is -0.832. The highest BCUT2D eigenvalue weighted by atomic mass is 16.5. The number of hydrogen-bond donors (Lipinski definition) is 2. The Morgan fingerprint density at radius 1 is 1.33 bits per heavy atom. The van der Waals surface area contributed by atoms with E-state index in [4.69, 9.17) is 4.74 Å². The van der Waals surface area contributed by atoms with Crippen molar-refractivity contribution in [2.45, 2.75) is 32.5 Å². The Hall–Kier alpha value is -1.06. The second-order valence-electron chi connectivity index (χ2n) is 3.61. The van der Waals surface area contributed by atoms with Crippen LogP contribution in [0.25, 0.3) is 0 Å². The minimum absolute atomic E-state index is 0.725. The van der Waals surface area contributed by atoms with Gasteiger partial charge in [0, 0.05) is 0 Å². The van der Waals surface area contributed by atoms with Crippen molar-refractivity contribution in [2.24, 2.45) is 0 Å². The van der Waals surface area contributed by atoms with Gasteiger partial charge in [0.2, 0.25) is 0 Å². The van der Waals surface area contributed by atoms with Crippen molar-refractivity contribution in [3.63, 3.8) is 0 Å². The maximum absolute atomic E-state index is 9.69. The number of aliphatic hydroxyl groups is 2. The van der Waals surface area contributed by atoms with E-state index in [1.807, 2.05) is 19.1 Å². The number of rotatable bonds is 4. The second kappa shape index (κ2) is 5.14. The number of methoxy groups -OCH3 is 1. The topological polar surface area (TPSA) is 49.7 Å². The first kappa shape index (κ1) is 12.0. The van der Waals surface area contributed by atoms with Crippen molar-refractivity contribution in [3.8, 4) is 5.75 Å². The van der Waals surface area contributed by atoms with E-state index in [1.54, 1.807) is 20.1 Å². The molecule has 0 aromatic heterocycles. The van der Waals surface area contributed by atoms with Gasteiger partial charge in [0.1, 0.15) is 11.9 Å². The van der Waals surface area contributed by atoms with Crippen molar-refractivity contribution in [2.75, 3.05) is 7.11 Å². The van der Waals surface area contributed by atoms with Gasteiger partial charge in [-0.2, -0.15) is 0 Å². The van der Waals surface area contributed by atoms with E-state index in [0.29, 0.717) is 0 Å². The lowest BCUT2D eigenvalue weighted by molar-refractivity contribution is 0.0305. The largest absolute Gasteiger partial charge is 0.496 e. The molecule has 84 valence electrons. The molecule has 2 atom stereocenters. The maximum Gasteiger partial charge on any atom is 0.122 e. The second-order valence-corrected chi connectivity index (χ2v) is 3.61. The van der Waals surface area contributed by atoms with E-state index in [2.05, 4.69) is 0 Å². The summed E-state index contributed by atoms with van der Waals surface area (Å²) in [7, 11) is 1.62. The molecule has 2 unspecified atom stereocenters. The fraction of sp³-hybridized carbons (Fsp3) is 0.500. The standard InChI is InChI=1S/C12H18O3/c1-4-9-7-10(12(14)8(2)13)5-6-11(9)15-3/h5-8,12-14H,4H2,1-3H3. The smallest absolute Gasteiger partial charge is 0.122 e. The summed E-state index contributed by atoms with van der Waals surface area (Å²) in [6, 6.07) is 5.46. The highest BCUT2D eigenvalue weighted by Gasteiger charge is 2.14. The van der Waals surface area contributed by atoms with Crippen LogP contribution in [0.4, 0.5) is 0 Å². The summed E-state index contributed by atoms with van der Waals surface area (Å²) in [5.41, 5.74) is 1.76. The van der Waals surface area contributed by atoms with Gasteiger partial charge in [-0.25, -0.2) is 0 Å². The van der Waals surface area contributed by atoms with Crippen LogP contribution >= 0.6 is 0 Å². The Bertz CT molecular complexity index is 321. The maximum atomic E-state index is 9.69. The monoisotopic (exact) mass is 210 g/mol. The zero-order valence-electron chi connectivity index (χ0n) is 9.40. The van der Waals surface area contributed by atoms with Crippen LogP contribution in [0.15, 0.2) is 18.2 Å². The zero-order chi connectivity index (χ0) is 11.4. The van der Waals surface area contributed by atoms with Gasteiger partial charge >= 0.3 is 0 Å². The summed E-state index contributed by atoms with van der Waals surface area (Å²) in [6.07, 6.45) is -0.756. The first-order valence-corrected chi connectivity index (χ1v) is 5.13. The molecule has 0 radical (unpaired) electrons. The van der Waals surface area contributed by atoms with Crippen molar-refractivity contribution >= 4 is 0 Å². The molecule has 2 N–H and O–H groups in total. The number of ether oxygens (including phenoxy) is 1. The molecule has 0 aliphatic rings. The van der Waals surface area contributed by atoms with E-state index in [9.17, 15) is 10.2 Å². The fourth-order valence-corrected chi connectivity index (χ4v) is 1.54. The molecule has 1 rings (SSSR count). The average molecular weight is 210 g/mol. The van der Waals surface area contributed by atoms with E-state index in [-0.39, 0.29) is 0 Å². The molecule has 0 aliphatic heterocycles. The van der Waals surface area contributed by atoms with Crippen LogP contribution in [0, 0.1) is 0 Å². The zero-order valence-corrected chi connectivity index (χ0v) is 9.40. The lowest BCUT2D eigenvalue weighted by atomic mass is 10.0. The molecule has 3 nitrogen and oxygen atoms in total. The molecule has 0 spiro atoms. The van der Waals surface area contributed by atoms with Gasteiger partial charge in [-0.05, 0) is 36.6 Å². The molecule has 0 amide bonds. The predicted octanol–water partition coefficient (Wildman–Crippen LogP) is 1.67. The number of aryl methyl sites for hydroxylation is 1. The molecule has 15 heavy (non-hydrogen) atoms. The summed E-state index contributed by atoms with van der Waals surface area (Å²) in [6.45, 7) is 3.59. The van der Waals surface area contributed by atoms with Gasteiger partial charge < -0.3 is 14.9 Å². The Balaban J connectivity index is 3.02. The lowest BCUT2D eigenvalue weighted by Crippen LogP contribution is -2.14. The Morgan fingerprint density at radius 3 is 2.47 bits per heavy atom. The van der Waals surface area contributed by atoms with Gasteiger partial charge in [-0.15, -0.1) is 0 Å². The average Bonchev–Trinajstić information content (AvgIpc) is 2.26. The lowest BCUT2D eigenvalue weighted by Gasteiger charge is -2.16. The van der Waals surface area contributed by atoms with Crippen LogP contribution in [0.2, 0.25) is 0 Å². The quantitative estimate of drug-likeness (QED) is 0.794. The first-order chi connectivity index (χ1) is 7.10. The fourth-order valence-electron chi connectivity index (χ4n) is 1.54. The van der Waals surface area contributed by atoms with Crippen LogP contribution in [-0.2, 0) is 6.42 Å². The minimum Gasteiger partial charge on any atom is -0.496 e. The molecule has 3 heteroatoms. The van der Waals surface area contributed by atoms with E-state index in [0.717, 1.165) is 23.3 Å². The van der Waals surface area contributed by atoms with E-state index >= 15 is 0 Å². The molecule has 0 aliphatic carbocycles. The van der Waals surface area contributed by atoms with Crippen LogP contribution < -0.4 is 4.74 Å². The third-order valence-corrected chi connectivity index (χ3v) is 2.48. The molecule has 1 aromatic rings. The predicted molar refractivity (Wildman–Crippen MR) is 59.0 cm³/mol. The SMILES string of the molecule is CCc1cc(C(O)C(C)O)ccc1OC. The normalized spacial score (nSPS) is 14.7. The van der Waals surface area contributed by atoms with Crippen molar-refractivity contribution < 1.29 is 14.9 Å². The molecular weight excluding hydrogens is 192 g/mol. The summed E-state index contributed by atoms with van der Waals surface area (Å²) in [5, 5.41) is 19.0. The van der Waals surface area contributed by atoms with E-state index in [1.165, 1.54) is 0 Å². The molecule has 0 heterocycles. The van der Waals surface area contributed by atoms with Crippen molar-refractivity contribution in [3.05, 3.63) is 29.3 Å². The summed E-state index contributed by atoms with van der Waals surface area (Å²) in [4.78, 5) is 0. The van der Waals surface area contributed by atoms with E-state index < -0.39 is 12.2 Å². The highest BCUT2D eigenvalue weighted by Crippen LogP contribution is 2.25. The molecule has 0 bridgehead atoms. The highest BCUT2D eigenvalue weighted by molar-refractivity contribution is 5.38. The Kier molecular flexibility index (Phi) is 4.12. The van der Waals surface area contributed by atoms with Crippen molar-refractivity contribution in [1.82, 2.24) is 0 Å². The summed E-state index contributed by atoms with van der Waals surface area (Å²) in [5.74, 6) is 0.819. The first-order valence-electron chi connectivity index (χ1n) is 5.13. The van der Waals surface area contributed by atoms with Crippen LogP contribution in [0.1, 0.15) is 31.1 Å². The van der Waals surface area contributed by atoms with Crippen molar-refractivity contribution in [1.29, 1.82) is 0 Å². The van der Waals surface area contributed by atoms with Crippen LogP contribution in [-0.4, -0.2) is 23.4 Å². The Labute approximate surface area is 90.3 Å². The summed E-state index contributed by atoms with van der Waals surface area (Å²) >= 11 is 0. The number of aliphatic hydroxyl groups excluding tert-OH is 2. The molecule has 0 fully saturated rings.